The number of hydrogen-bond donors (Lipinski definition) is 3. The lowest BCUT2D eigenvalue weighted by atomic mass is 9.96. The molecule has 15 heteroatoms. The average molecular weight is 694 g/mol. The number of benzene rings is 2. The van der Waals surface area contributed by atoms with E-state index < -0.39 is 30.0 Å². The Bertz CT molecular complexity index is 1770. The molecule has 2 aliphatic rings. The van der Waals surface area contributed by atoms with E-state index in [0.29, 0.717) is 38.2 Å². The summed E-state index contributed by atoms with van der Waals surface area (Å²) in [6, 6.07) is 14.7. The predicted octanol–water partition coefficient (Wildman–Crippen LogP) is 5.22. The van der Waals surface area contributed by atoms with Gasteiger partial charge in [0.2, 0.25) is 0 Å². The number of nitrogens with zero attached hydrogens (tertiary/aromatic N) is 6. The second-order valence-electron chi connectivity index (χ2n) is 12.9. The Kier molecular flexibility index (Phi) is 11.0. The molecule has 1 amide bonds. The Morgan fingerprint density at radius 1 is 1.10 bits per heavy atom. The van der Waals surface area contributed by atoms with Crippen LogP contribution in [0.15, 0.2) is 66.5 Å². The first kappa shape index (κ1) is 36.2. The SMILES string of the molecule is CC(C)(/C=C(\C#N)C(=O)N1CCCC(Nc2ncnc(N)c2C(=N)c2ccc(Oc3ccccc3)cc2F)C1)N1CCN(CC(F)(F)F)CC1. The number of likely N-dealkylation sites (tertiary alicyclic amines) is 1. The van der Waals surface area contributed by atoms with Crippen molar-refractivity contribution in [3.63, 3.8) is 0 Å². The number of carbonyl (C=O) groups excluding carboxylic acids is 1. The number of nitrogens with two attached hydrogens (primary N) is 1. The van der Waals surface area contributed by atoms with E-state index in [-0.39, 0.29) is 65.5 Å². The Balaban J connectivity index is 1.26. The zero-order valence-corrected chi connectivity index (χ0v) is 27.8. The number of amides is 1. The van der Waals surface area contributed by atoms with Gasteiger partial charge in [0.05, 0.1) is 17.8 Å². The van der Waals surface area contributed by atoms with Crippen molar-refractivity contribution in [1.29, 1.82) is 10.7 Å². The molecule has 0 radical (unpaired) electrons. The fourth-order valence-electron chi connectivity index (χ4n) is 6.24. The van der Waals surface area contributed by atoms with Crippen LogP contribution in [0.1, 0.15) is 37.8 Å². The average Bonchev–Trinajstić information content (AvgIpc) is 3.07. The van der Waals surface area contributed by atoms with Gasteiger partial charge in [0.15, 0.2) is 0 Å². The highest BCUT2D eigenvalue weighted by molar-refractivity contribution is 6.16. The lowest BCUT2D eigenvalue weighted by Gasteiger charge is -2.43. The van der Waals surface area contributed by atoms with E-state index in [1.165, 1.54) is 23.4 Å². The van der Waals surface area contributed by atoms with Gasteiger partial charge in [-0.1, -0.05) is 18.2 Å². The molecule has 3 aromatic rings. The number of carbonyl (C=O) groups is 1. The molecule has 0 aliphatic carbocycles. The molecule has 264 valence electrons. The predicted molar refractivity (Wildman–Crippen MR) is 180 cm³/mol. The molecule has 0 spiro atoms. The van der Waals surface area contributed by atoms with Crippen LogP contribution in [0.3, 0.4) is 0 Å². The Morgan fingerprint density at radius 3 is 2.48 bits per heavy atom. The first-order valence-electron chi connectivity index (χ1n) is 16.2. The summed E-state index contributed by atoms with van der Waals surface area (Å²) in [7, 11) is 0. The van der Waals surface area contributed by atoms with Crippen molar-refractivity contribution in [3.05, 3.63) is 83.5 Å². The summed E-state index contributed by atoms with van der Waals surface area (Å²) in [6.45, 7) is 4.48. The lowest BCUT2D eigenvalue weighted by Crippen LogP contribution is -2.55. The molecule has 0 bridgehead atoms. The lowest BCUT2D eigenvalue weighted by molar-refractivity contribution is -0.150. The number of ether oxygens (including phenoxy) is 1. The number of piperazine rings is 1. The first-order chi connectivity index (χ1) is 23.7. The smallest absolute Gasteiger partial charge is 0.401 e. The molecule has 2 fully saturated rings. The molecule has 3 heterocycles. The molecule has 4 N–H and O–H groups in total. The van der Waals surface area contributed by atoms with Gasteiger partial charge >= 0.3 is 6.18 Å². The van der Waals surface area contributed by atoms with Crippen LogP contribution in [0.5, 0.6) is 11.5 Å². The number of alkyl halides is 3. The van der Waals surface area contributed by atoms with Crippen LogP contribution in [0.25, 0.3) is 0 Å². The normalized spacial score (nSPS) is 18.0. The van der Waals surface area contributed by atoms with Crippen molar-refractivity contribution in [2.75, 3.05) is 56.9 Å². The number of piperidine rings is 1. The van der Waals surface area contributed by atoms with Gasteiger partial charge in [-0.2, -0.15) is 18.4 Å². The first-order valence-corrected chi connectivity index (χ1v) is 16.2. The third kappa shape index (κ3) is 8.93. The Labute approximate surface area is 287 Å². The molecule has 1 unspecified atom stereocenters. The highest BCUT2D eigenvalue weighted by Gasteiger charge is 2.36. The Hall–Kier alpha value is -5.07. The van der Waals surface area contributed by atoms with Crippen molar-refractivity contribution < 1.29 is 27.1 Å². The van der Waals surface area contributed by atoms with Crippen LogP contribution >= 0.6 is 0 Å². The van der Waals surface area contributed by atoms with Crippen LogP contribution < -0.4 is 15.8 Å². The van der Waals surface area contributed by atoms with Crippen LogP contribution in [-0.4, -0.2) is 99.9 Å². The number of halogens is 4. The minimum Gasteiger partial charge on any atom is -0.457 e. The van der Waals surface area contributed by atoms with Crippen molar-refractivity contribution in [2.45, 2.75) is 44.4 Å². The van der Waals surface area contributed by atoms with Crippen molar-refractivity contribution >= 4 is 23.3 Å². The number of rotatable bonds is 10. The summed E-state index contributed by atoms with van der Waals surface area (Å²) in [5.41, 5.74) is 5.20. The summed E-state index contributed by atoms with van der Waals surface area (Å²) in [5.74, 6) is -0.203. The third-order valence-electron chi connectivity index (χ3n) is 8.80. The highest BCUT2D eigenvalue weighted by Crippen LogP contribution is 2.29. The number of nitrogen functional groups attached to an aromatic ring is 1. The molecule has 5 rings (SSSR count). The maximum Gasteiger partial charge on any atom is 0.401 e. The zero-order chi connectivity index (χ0) is 36.1. The fourth-order valence-corrected chi connectivity index (χ4v) is 6.24. The van der Waals surface area contributed by atoms with E-state index in [0.717, 1.165) is 0 Å². The number of nitriles is 1. The zero-order valence-electron chi connectivity index (χ0n) is 27.8. The van der Waals surface area contributed by atoms with E-state index in [1.54, 1.807) is 41.3 Å². The number of para-hydroxylation sites is 1. The van der Waals surface area contributed by atoms with E-state index in [9.17, 15) is 23.2 Å². The quantitative estimate of drug-likeness (QED) is 0.113. The molecule has 2 aromatic carbocycles. The number of hydrogen-bond acceptors (Lipinski definition) is 10. The number of nitrogens with one attached hydrogen (secondary N) is 2. The third-order valence-corrected chi connectivity index (χ3v) is 8.80. The largest absolute Gasteiger partial charge is 0.457 e. The minimum absolute atomic E-state index is 0.0311. The summed E-state index contributed by atoms with van der Waals surface area (Å²) in [4.78, 5) is 26.8. The molecule has 1 atom stereocenters. The standard InChI is InChI=1S/C35H39F4N9O2/c1-34(2,48-15-13-46(14-16-48)21-35(37,38)39)18-23(19-40)33(49)47-12-6-7-24(20-47)45-32-29(31(42)43-22-44-32)30(41)27-11-10-26(17-28(27)36)50-25-8-4-3-5-9-25/h3-5,8-11,17-18,22,24,41H,6-7,12-16,20-21H2,1-2H3,(H3,42,43,44,45)/b23-18+,41-30?. The molecular formula is C35H39F4N9O2. The molecule has 2 aliphatic heterocycles. The molecule has 11 nitrogen and oxygen atoms in total. The van der Waals surface area contributed by atoms with E-state index in [2.05, 4.69) is 15.3 Å². The van der Waals surface area contributed by atoms with Gasteiger partial charge in [0.25, 0.3) is 5.91 Å². The van der Waals surface area contributed by atoms with Gasteiger partial charge in [0.1, 0.15) is 46.9 Å². The van der Waals surface area contributed by atoms with E-state index in [1.807, 2.05) is 30.9 Å². The molecule has 50 heavy (non-hydrogen) atoms. The van der Waals surface area contributed by atoms with Gasteiger partial charge in [0, 0.05) is 62.5 Å². The summed E-state index contributed by atoms with van der Waals surface area (Å²) < 4.78 is 59.6. The van der Waals surface area contributed by atoms with Crippen molar-refractivity contribution in [3.8, 4) is 17.6 Å². The fraction of sp³-hybridized carbons (Fsp3) is 0.400. The second kappa shape index (κ2) is 15.2. The van der Waals surface area contributed by atoms with Gasteiger partial charge in [-0.05, 0) is 57.0 Å². The van der Waals surface area contributed by atoms with Crippen LogP contribution in [0, 0.1) is 22.6 Å². The summed E-state index contributed by atoms with van der Waals surface area (Å²) in [5, 5.41) is 22.1. The molecular weight excluding hydrogens is 654 g/mol. The highest BCUT2D eigenvalue weighted by atomic mass is 19.4. The van der Waals surface area contributed by atoms with Crippen LogP contribution in [0.4, 0.5) is 29.2 Å². The topological polar surface area (TPSA) is 147 Å². The maximum atomic E-state index is 15.3. The van der Waals surface area contributed by atoms with Crippen molar-refractivity contribution in [2.24, 2.45) is 0 Å². The maximum absolute atomic E-state index is 15.3. The van der Waals surface area contributed by atoms with Gasteiger partial charge < -0.3 is 20.7 Å². The van der Waals surface area contributed by atoms with Crippen LogP contribution in [0.2, 0.25) is 0 Å². The second-order valence-corrected chi connectivity index (χ2v) is 12.9. The minimum atomic E-state index is -4.27. The van der Waals surface area contributed by atoms with Gasteiger partial charge in [-0.25, -0.2) is 14.4 Å². The summed E-state index contributed by atoms with van der Waals surface area (Å²) >= 11 is 0. The molecule has 0 saturated carbocycles. The van der Waals surface area contributed by atoms with Crippen LogP contribution in [-0.2, 0) is 4.79 Å². The van der Waals surface area contributed by atoms with Gasteiger partial charge in [-0.15, -0.1) is 0 Å². The number of aromatic nitrogens is 2. The van der Waals surface area contributed by atoms with Crippen molar-refractivity contribution in [1.82, 2.24) is 24.7 Å². The molecule has 1 aromatic heterocycles. The monoisotopic (exact) mass is 693 g/mol. The molecule has 2 saturated heterocycles. The van der Waals surface area contributed by atoms with E-state index in [4.69, 9.17) is 15.9 Å². The van der Waals surface area contributed by atoms with E-state index >= 15 is 4.39 Å². The number of anilines is 2. The van der Waals surface area contributed by atoms with Gasteiger partial charge in [-0.3, -0.25) is 20.0 Å². The Morgan fingerprint density at radius 2 is 1.82 bits per heavy atom. The summed E-state index contributed by atoms with van der Waals surface area (Å²) in [6.07, 6.45) is -0.210.